The van der Waals surface area contributed by atoms with E-state index in [-0.39, 0.29) is 0 Å². The summed E-state index contributed by atoms with van der Waals surface area (Å²) >= 11 is 1.84. The van der Waals surface area contributed by atoms with Crippen LogP contribution in [0.4, 0.5) is 0 Å². The fourth-order valence-electron chi connectivity index (χ4n) is 2.25. The normalized spacial score (nSPS) is 14.1. The summed E-state index contributed by atoms with van der Waals surface area (Å²) in [6, 6.07) is 9.12. The van der Waals surface area contributed by atoms with Crippen LogP contribution in [-0.2, 0) is 0 Å². The van der Waals surface area contributed by atoms with Gasteiger partial charge in [-0.25, -0.2) is 0 Å². The lowest BCUT2D eigenvalue weighted by Gasteiger charge is -2.25. The summed E-state index contributed by atoms with van der Waals surface area (Å²) in [5.41, 5.74) is 1.79. The lowest BCUT2D eigenvalue weighted by atomic mass is 9.85. The van der Waals surface area contributed by atoms with Gasteiger partial charge in [0.1, 0.15) is 0 Å². The van der Waals surface area contributed by atoms with Gasteiger partial charge in [-0.05, 0) is 41.3 Å². The molecule has 1 nitrogen and oxygen atoms in total. The predicted molar refractivity (Wildman–Crippen MR) is 77.7 cm³/mol. The summed E-state index contributed by atoms with van der Waals surface area (Å²) in [6.07, 6.45) is 1.16. The molecule has 0 saturated carbocycles. The zero-order chi connectivity index (χ0) is 12.5. The van der Waals surface area contributed by atoms with Gasteiger partial charge in [0, 0.05) is 10.7 Å². The van der Waals surface area contributed by atoms with Crippen molar-refractivity contribution in [2.75, 3.05) is 7.05 Å². The Morgan fingerprint density at radius 1 is 1.24 bits per heavy atom. The molecule has 1 aromatic carbocycles. The average molecular weight is 247 g/mol. The highest BCUT2D eigenvalue weighted by Gasteiger charge is 2.21. The van der Waals surface area contributed by atoms with Crippen LogP contribution in [0, 0.1) is 5.41 Å². The zero-order valence-corrected chi connectivity index (χ0v) is 11.9. The number of benzene rings is 1. The van der Waals surface area contributed by atoms with Crippen LogP contribution in [-0.4, -0.2) is 7.05 Å². The number of fused-ring (bicyclic) bond motifs is 1. The smallest absolute Gasteiger partial charge is 0.0346 e. The molecule has 2 aromatic rings. The van der Waals surface area contributed by atoms with Crippen molar-refractivity contribution in [2.45, 2.75) is 33.2 Å². The largest absolute Gasteiger partial charge is 0.313 e. The highest BCUT2D eigenvalue weighted by molar-refractivity contribution is 7.17. The summed E-state index contributed by atoms with van der Waals surface area (Å²) < 4.78 is 1.39. The summed E-state index contributed by atoms with van der Waals surface area (Å²) in [4.78, 5) is 0. The Morgan fingerprint density at radius 3 is 2.59 bits per heavy atom. The average Bonchev–Trinajstić information content (AvgIpc) is 2.68. The third-order valence-corrected chi connectivity index (χ3v) is 4.03. The van der Waals surface area contributed by atoms with Gasteiger partial charge in [-0.15, -0.1) is 11.3 Å². The minimum Gasteiger partial charge on any atom is -0.313 e. The second kappa shape index (κ2) is 4.79. The van der Waals surface area contributed by atoms with Crippen molar-refractivity contribution >= 4 is 21.4 Å². The van der Waals surface area contributed by atoms with E-state index in [2.05, 4.69) is 62.8 Å². The van der Waals surface area contributed by atoms with Crippen molar-refractivity contribution in [3.05, 3.63) is 35.2 Å². The zero-order valence-electron chi connectivity index (χ0n) is 11.1. The molecule has 1 unspecified atom stereocenters. The van der Waals surface area contributed by atoms with Gasteiger partial charge >= 0.3 is 0 Å². The second-order valence-corrected chi connectivity index (χ2v) is 6.70. The summed E-state index contributed by atoms with van der Waals surface area (Å²) in [5.74, 6) is 0. The van der Waals surface area contributed by atoms with Gasteiger partial charge in [0.15, 0.2) is 0 Å². The Labute approximate surface area is 108 Å². The van der Waals surface area contributed by atoms with Crippen molar-refractivity contribution in [3.8, 4) is 0 Å². The van der Waals surface area contributed by atoms with E-state index >= 15 is 0 Å². The van der Waals surface area contributed by atoms with Crippen molar-refractivity contribution in [2.24, 2.45) is 5.41 Å². The fraction of sp³-hybridized carbons (Fsp3) is 0.467. The van der Waals surface area contributed by atoms with E-state index in [1.54, 1.807) is 0 Å². The maximum atomic E-state index is 3.46. The molecule has 0 saturated heterocycles. The molecule has 0 fully saturated rings. The van der Waals surface area contributed by atoms with Gasteiger partial charge in [-0.1, -0.05) is 39.0 Å². The Balaban J connectivity index is 2.37. The maximum absolute atomic E-state index is 3.46. The van der Waals surface area contributed by atoms with Crippen LogP contribution < -0.4 is 5.32 Å². The van der Waals surface area contributed by atoms with Gasteiger partial charge in [0.25, 0.3) is 0 Å². The van der Waals surface area contributed by atoms with Crippen LogP contribution >= 0.6 is 11.3 Å². The van der Waals surface area contributed by atoms with Gasteiger partial charge in [-0.3, -0.25) is 0 Å². The van der Waals surface area contributed by atoms with Gasteiger partial charge < -0.3 is 5.32 Å². The number of nitrogens with one attached hydrogen (secondary N) is 1. The molecular weight excluding hydrogens is 226 g/mol. The minimum atomic E-state index is 0.344. The van der Waals surface area contributed by atoms with Crippen molar-refractivity contribution in [1.29, 1.82) is 0 Å². The van der Waals surface area contributed by atoms with E-state index in [1.165, 1.54) is 15.6 Å². The lowest BCUT2D eigenvalue weighted by molar-refractivity contribution is 0.322. The molecule has 0 aliphatic carbocycles. The summed E-state index contributed by atoms with van der Waals surface area (Å²) in [7, 11) is 2.06. The summed E-state index contributed by atoms with van der Waals surface area (Å²) in [5, 5.41) is 7.17. The highest BCUT2D eigenvalue weighted by atomic mass is 32.1. The third kappa shape index (κ3) is 2.88. The van der Waals surface area contributed by atoms with Crippen LogP contribution in [0.1, 0.15) is 38.8 Å². The van der Waals surface area contributed by atoms with E-state index in [0.29, 0.717) is 11.5 Å². The first-order valence-corrected chi connectivity index (χ1v) is 7.02. The number of hydrogen-bond donors (Lipinski definition) is 1. The van der Waals surface area contributed by atoms with Crippen molar-refractivity contribution < 1.29 is 0 Å². The van der Waals surface area contributed by atoms with E-state index in [9.17, 15) is 0 Å². The number of rotatable bonds is 3. The molecule has 0 spiro atoms. The number of hydrogen-bond acceptors (Lipinski definition) is 2. The first-order valence-electron chi connectivity index (χ1n) is 6.15. The highest BCUT2D eigenvalue weighted by Crippen LogP contribution is 2.35. The van der Waals surface area contributed by atoms with Crippen molar-refractivity contribution in [1.82, 2.24) is 5.32 Å². The fourth-order valence-corrected chi connectivity index (χ4v) is 3.26. The number of thiophene rings is 1. The van der Waals surface area contributed by atoms with Gasteiger partial charge in [0.2, 0.25) is 0 Å². The molecule has 0 amide bonds. The second-order valence-electron chi connectivity index (χ2n) is 5.79. The Hall–Kier alpha value is -0.860. The Morgan fingerprint density at radius 2 is 1.94 bits per heavy atom. The summed E-state index contributed by atoms with van der Waals surface area (Å²) in [6.45, 7) is 6.89. The molecule has 0 aliphatic heterocycles. The van der Waals surface area contributed by atoms with Crippen molar-refractivity contribution in [3.63, 3.8) is 0 Å². The standard InChI is InChI=1S/C15H21NS/c1-15(2,3)9-13(16-4)12-10-17-14-8-6-5-7-11(12)14/h5-8,10,13,16H,9H2,1-4H3. The topological polar surface area (TPSA) is 12.0 Å². The molecular formula is C15H21NS. The van der Waals surface area contributed by atoms with Crippen LogP contribution in [0.3, 0.4) is 0 Å². The van der Waals surface area contributed by atoms with Crippen LogP contribution in [0.15, 0.2) is 29.6 Å². The Kier molecular flexibility index (Phi) is 3.55. The van der Waals surface area contributed by atoms with Crippen LogP contribution in [0.5, 0.6) is 0 Å². The predicted octanol–water partition coefficient (Wildman–Crippen LogP) is 4.60. The molecule has 1 atom stereocenters. The SMILES string of the molecule is CNC(CC(C)(C)C)c1csc2ccccc12. The van der Waals surface area contributed by atoms with Gasteiger partial charge in [0.05, 0.1) is 0 Å². The van der Waals surface area contributed by atoms with Crippen LogP contribution in [0.2, 0.25) is 0 Å². The van der Waals surface area contributed by atoms with Gasteiger partial charge in [-0.2, -0.15) is 0 Å². The molecule has 2 heteroatoms. The van der Waals surface area contributed by atoms with Crippen LogP contribution in [0.25, 0.3) is 10.1 Å². The molecule has 1 N–H and O–H groups in total. The monoisotopic (exact) mass is 247 g/mol. The first-order chi connectivity index (χ1) is 8.01. The van der Waals surface area contributed by atoms with E-state index in [0.717, 1.165) is 6.42 Å². The molecule has 0 bridgehead atoms. The molecule has 0 radical (unpaired) electrons. The van der Waals surface area contributed by atoms with E-state index < -0.39 is 0 Å². The first kappa shape index (κ1) is 12.6. The molecule has 2 rings (SSSR count). The lowest BCUT2D eigenvalue weighted by Crippen LogP contribution is -2.22. The quantitative estimate of drug-likeness (QED) is 0.836. The third-order valence-electron chi connectivity index (χ3n) is 3.05. The minimum absolute atomic E-state index is 0.344. The molecule has 1 aromatic heterocycles. The molecule has 0 aliphatic rings. The molecule has 1 heterocycles. The van der Waals surface area contributed by atoms with E-state index in [1.807, 2.05) is 11.3 Å². The Bertz CT molecular complexity index is 493. The van der Waals surface area contributed by atoms with E-state index in [4.69, 9.17) is 0 Å². The maximum Gasteiger partial charge on any atom is 0.0346 e. The molecule has 92 valence electrons. The molecule has 17 heavy (non-hydrogen) atoms.